The van der Waals surface area contributed by atoms with Gasteiger partial charge in [0.05, 0.1) is 10.6 Å². The first-order valence-electron chi connectivity index (χ1n) is 14.0. The molecule has 0 aliphatic carbocycles. The number of halogens is 1. The van der Waals surface area contributed by atoms with Gasteiger partial charge in [0.15, 0.2) is 11.5 Å². The summed E-state index contributed by atoms with van der Waals surface area (Å²) in [6.45, 7) is 4.49. The lowest BCUT2D eigenvalue weighted by Gasteiger charge is -2.33. The Morgan fingerprint density at radius 1 is 0.952 bits per heavy atom. The monoisotopic (exact) mass is 613 g/mol. The van der Waals surface area contributed by atoms with Gasteiger partial charge in [-0.1, -0.05) is 68.3 Å². The smallest absolute Gasteiger partial charge is 0.264 e. The highest BCUT2D eigenvalue weighted by Gasteiger charge is 2.34. The second-order valence-electron chi connectivity index (χ2n) is 9.83. The molecule has 42 heavy (non-hydrogen) atoms. The van der Waals surface area contributed by atoms with E-state index in [0.29, 0.717) is 48.3 Å². The highest BCUT2D eigenvalue weighted by atomic mass is 35.5. The number of fused-ring (bicyclic) bond motifs is 1. The molecule has 1 unspecified atom stereocenters. The third-order valence-electron chi connectivity index (χ3n) is 6.94. The molecule has 0 aromatic heterocycles. The van der Waals surface area contributed by atoms with Gasteiger partial charge in [-0.15, -0.1) is 0 Å². The van der Waals surface area contributed by atoms with Crippen molar-refractivity contribution >= 4 is 39.1 Å². The largest absolute Gasteiger partial charge is 0.486 e. The standard InChI is InChI=1S/C31H36ClN3O6S/c1-3-5-17-33-31(37)27(4-2)34(21-23-11-9-10-14-26(23)32)30(36)22-35(42(38,39)25-12-7-6-8-13-25)24-15-16-28-29(20-24)41-19-18-40-28/h6-16,20,27H,3-5,17-19,21-22H2,1-2H3,(H,33,37). The highest BCUT2D eigenvalue weighted by molar-refractivity contribution is 7.92. The molecule has 1 N–H and O–H groups in total. The SMILES string of the molecule is CCCCNC(=O)C(CC)N(Cc1ccccc1Cl)C(=O)CN(c1ccc2c(c1)OCCO2)S(=O)(=O)c1ccccc1. The molecule has 2 amide bonds. The van der Waals surface area contributed by atoms with Gasteiger partial charge in [-0.05, 0) is 48.7 Å². The Morgan fingerprint density at radius 2 is 1.64 bits per heavy atom. The Morgan fingerprint density at radius 3 is 2.33 bits per heavy atom. The van der Waals surface area contributed by atoms with Gasteiger partial charge in [-0.25, -0.2) is 8.42 Å². The van der Waals surface area contributed by atoms with E-state index in [-0.39, 0.29) is 23.0 Å². The van der Waals surface area contributed by atoms with Crippen molar-refractivity contribution in [2.75, 3.05) is 30.6 Å². The van der Waals surface area contributed by atoms with Crippen LogP contribution in [0, 0.1) is 0 Å². The molecule has 11 heteroatoms. The first-order chi connectivity index (χ1) is 20.3. The molecular formula is C31H36ClN3O6S. The maximum Gasteiger partial charge on any atom is 0.264 e. The van der Waals surface area contributed by atoms with Crippen LogP contribution in [0.15, 0.2) is 77.7 Å². The maximum absolute atomic E-state index is 14.2. The lowest BCUT2D eigenvalue weighted by Crippen LogP contribution is -2.52. The van der Waals surface area contributed by atoms with Gasteiger partial charge in [-0.2, -0.15) is 0 Å². The third kappa shape index (κ3) is 7.35. The number of hydrogen-bond donors (Lipinski definition) is 1. The highest BCUT2D eigenvalue weighted by Crippen LogP contribution is 2.36. The van der Waals surface area contributed by atoms with E-state index in [2.05, 4.69) is 5.32 Å². The summed E-state index contributed by atoms with van der Waals surface area (Å²) in [7, 11) is -4.20. The summed E-state index contributed by atoms with van der Waals surface area (Å²) >= 11 is 6.45. The lowest BCUT2D eigenvalue weighted by atomic mass is 10.1. The van der Waals surface area contributed by atoms with E-state index in [4.69, 9.17) is 21.1 Å². The van der Waals surface area contributed by atoms with Gasteiger partial charge in [0.1, 0.15) is 25.8 Å². The zero-order chi connectivity index (χ0) is 30.1. The Balaban J connectivity index is 1.74. The number of rotatable bonds is 13. The van der Waals surface area contributed by atoms with Gasteiger partial charge in [0, 0.05) is 24.2 Å². The summed E-state index contributed by atoms with van der Waals surface area (Å²) in [4.78, 5) is 28.9. The number of carbonyl (C=O) groups is 2. The summed E-state index contributed by atoms with van der Waals surface area (Å²) < 4.78 is 40.4. The van der Waals surface area contributed by atoms with Crippen molar-refractivity contribution in [2.24, 2.45) is 0 Å². The summed E-state index contributed by atoms with van der Waals surface area (Å²) in [5.41, 5.74) is 0.874. The molecule has 1 heterocycles. The summed E-state index contributed by atoms with van der Waals surface area (Å²) in [5.74, 6) is 0.0163. The average Bonchev–Trinajstić information content (AvgIpc) is 3.00. The van der Waals surface area contributed by atoms with Crippen molar-refractivity contribution in [3.63, 3.8) is 0 Å². The van der Waals surface area contributed by atoms with Crippen LogP contribution in [0.5, 0.6) is 11.5 Å². The fourth-order valence-electron chi connectivity index (χ4n) is 4.67. The second-order valence-corrected chi connectivity index (χ2v) is 12.1. The molecule has 0 bridgehead atoms. The molecule has 0 saturated carbocycles. The quantitative estimate of drug-likeness (QED) is 0.271. The third-order valence-corrected chi connectivity index (χ3v) is 9.09. The zero-order valence-corrected chi connectivity index (χ0v) is 25.4. The second kappa shape index (κ2) is 14.4. The van der Waals surface area contributed by atoms with Crippen LogP contribution in [-0.4, -0.2) is 57.5 Å². The summed E-state index contributed by atoms with van der Waals surface area (Å²) in [5, 5.41) is 3.36. The summed E-state index contributed by atoms with van der Waals surface area (Å²) in [6, 6.07) is 18.9. The van der Waals surface area contributed by atoms with Crippen molar-refractivity contribution < 1.29 is 27.5 Å². The number of amides is 2. The number of unbranched alkanes of at least 4 members (excludes halogenated alkanes) is 1. The van der Waals surface area contributed by atoms with Gasteiger partial charge in [-0.3, -0.25) is 13.9 Å². The molecule has 0 fully saturated rings. The molecule has 3 aromatic rings. The number of anilines is 1. The van der Waals surface area contributed by atoms with Crippen LogP contribution < -0.4 is 19.1 Å². The topological polar surface area (TPSA) is 105 Å². The number of sulfonamides is 1. The van der Waals surface area contributed by atoms with Crippen LogP contribution in [0.2, 0.25) is 5.02 Å². The summed E-state index contributed by atoms with van der Waals surface area (Å²) in [6.07, 6.45) is 2.03. The molecule has 224 valence electrons. The number of nitrogens with zero attached hydrogens (tertiary/aromatic N) is 2. The zero-order valence-electron chi connectivity index (χ0n) is 23.8. The van der Waals surface area contributed by atoms with Crippen molar-refractivity contribution in [3.8, 4) is 11.5 Å². The Kier molecular flexibility index (Phi) is 10.7. The van der Waals surface area contributed by atoms with E-state index in [1.807, 2.05) is 13.8 Å². The molecule has 0 saturated heterocycles. The van der Waals surface area contributed by atoms with Gasteiger partial charge in [0.25, 0.3) is 10.0 Å². The number of ether oxygens (including phenoxy) is 2. The van der Waals surface area contributed by atoms with Crippen molar-refractivity contribution in [1.82, 2.24) is 10.2 Å². The van der Waals surface area contributed by atoms with Crippen molar-refractivity contribution in [2.45, 2.75) is 50.6 Å². The lowest BCUT2D eigenvalue weighted by molar-refractivity contribution is -0.140. The van der Waals surface area contributed by atoms with E-state index >= 15 is 0 Å². The Labute approximate surface area is 252 Å². The molecule has 3 aromatic carbocycles. The van der Waals surface area contributed by atoms with Crippen LogP contribution in [-0.2, 0) is 26.2 Å². The molecule has 1 aliphatic heterocycles. The van der Waals surface area contributed by atoms with Gasteiger partial charge in [0.2, 0.25) is 11.8 Å². The molecule has 9 nitrogen and oxygen atoms in total. The number of carbonyl (C=O) groups excluding carboxylic acids is 2. The van der Waals surface area contributed by atoms with Crippen LogP contribution in [0.3, 0.4) is 0 Å². The molecule has 0 radical (unpaired) electrons. The van der Waals surface area contributed by atoms with E-state index in [1.54, 1.807) is 60.7 Å². The maximum atomic E-state index is 14.2. The molecular weight excluding hydrogens is 578 g/mol. The Hall–Kier alpha value is -3.76. The number of benzene rings is 3. The van der Waals surface area contributed by atoms with Crippen LogP contribution in [0.25, 0.3) is 0 Å². The normalized spacial score (nSPS) is 13.2. The van der Waals surface area contributed by atoms with Crippen LogP contribution in [0.1, 0.15) is 38.7 Å². The van der Waals surface area contributed by atoms with Gasteiger partial charge >= 0.3 is 0 Å². The molecule has 1 atom stereocenters. The van der Waals surface area contributed by atoms with Crippen LogP contribution >= 0.6 is 11.6 Å². The number of nitrogens with one attached hydrogen (secondary N) is 1. The van der Waals surface area contributed by atoms with E-state index in [1.165, 1.54) is 17.0 Å². The van der Waals surface area contributed by atoms with Crippen molar-refractivity contribution in [3.05, 3.63) is 83.4 Å². The van der Waals surface area contributed by atoms with Crippen molar-refractivity contribution in [1.29, 1.82) is 0 Å². The van der Waals surface area contributed by atoms with E-state index in [9.17, 15) is 18.0 Å². The molecule has 1 aliphatic rings. The predicted octanol–water partition coefficient (Wildman–Crippen LogP) is 5.03. The van der Waals surface area contributed by atoms with Gasteiger partial charge < -0.3 is 19.7 Å². The van der Waals surface area contributed by atoms with E-state index in [0.717, 1.165) is 17.1 Å². The minimum atomic E-state index is -4.20. The Bertz CT molecular complexity index is 1480. The fraction of sp³-hybridized carbons (Fsp3) is 0.355. The minimum absolute atomic E-state index is 0.0229. The average molecular weight is 614 g/mol. The fourth-order valence-corrected chi connectivity index (χ4v) is 6.29. The van der Waals surface area contributed by atoms with Crippen LogP contribution in [0.4, 0.5) is 5.69 Å². The molecule has 4 rings (SSSR count). The first-order valence-corrected chi connectivity index (χ1v) is 15.9. The number of hydrogen-bond acceptors (Lipinski definition) is 6. The molecule has 0 spiro atoms. The predicted molar refractivity (Wildman–Crippen MR) is 162 cm³/mol. The minimum Gasteiger partial charge on any atom is -0.486 e. The van der Waals surface area contributed by atoms with E-state index < -0.39 is 28.5 Å². The first kappa shape index (κ1) is 31.2.